The predicted molar refractivity (Wildman–Crippen MR) is 110 cm³/mol. The summed E-state index contributed by atoms with van der Waals surface area (Å²) in [5.74, 6) is -0.277. The highest BCUT2D eigenvalue weighted by atomic mass is 32.1. The van der Waals surface area contributed by atoms with Crippen molar-refractivity contribution in [1.29, 1.82) is 0 Å². The Morgan fingerprint density at radius 3 is 2.55 bits per heavy atom. The highest BCUT2D eigenvalue weighted by molar-refractivity contribution is 7.22. The molecule has 0 saturated carbocycles. The van der Waals surface area contributed by atoms with Gasteiger partial charge in [0.2, 0.25) is 17.7 Å². The molecule has 2 aromatic carbocycles. The fourth-order valence-electron chi connectivity index (χ4n) is 3.19. The number of carbonyl (C=O) groups excluding carboxylic acids is 3. The monoisotopic (exact) mass is 409 g/mol. The minimum Gasteiger partial charge on any atom is -0.497 e. The van der Waals surface area contributed by atoms with E-state index in [0.717, 1.165) is 20.7 Å². The van der Waals surface area contributed by atoms with Gasteiger partial charge < -0.3 is 4.74 Å². The Morgan fingerprint density at radius 2 is 1.86 bits per heavy atom. The third kappa shape index (κ3) is 3.97. The van der Waals surface area contributed by atoms with Gasteiger partial charge in [0.15, 0.2) is 5.13 Å². The van der Waals surface area contributed by atoms with E-state index in [0.29, 0.717) is 17.4 Å². The van der Waals surface area contributed by atoms with E-state index in [1.807, 2.05) is 48.5 Å². The predicted octanol–water partition coefficient (Wildman–Crippen LogP) is 2.99. The summed E-state index contributed by atoms with van der Waals surface area (Å²) < 4.78 is 6.17. The summed E-state index contributed by atoms with van der Waals surface area (Å²) in [7, 11) is 1.59. The third-order valence-electron chi connectivity index (χ3n) is 4.75. The zero-order chi connectivity index (χ0) is 20.4. The van der Waals surface area contributed by atoms with E-state index in [4.69, 9.17) is 4.74 Å². The normalized spacial score (nSPS) is 13.9. The molecular weight excluding hydrogens is 390 g/mol. The minimum absolute atomic E-state index is 0.158. The van der Waals surface area contributed by atoms with Crippen molar-refractivity contribution in [3.8, 4) is 5.75 Å². The lowest BCUT2D eigenvalue weighted by Gasteiger charge is -2.22. The molecule has 7 nitrogen and oxygen atoms in total. The molecule has 148 valence electrons. The molecule has 1 saturated heterocycles. The first kappa shape index (κ1) is 19.1. The molecule has 0 radical (unpaired) electrons. The highest BCUT2D eigenvalue weighted by Gasteiger charge is 2.32. The molecule has 8 heteroatoms. The highest BCUT2D eigenvalue weighted by Crippen LogP contribution is 2.32. The molecule has 0 aliphatic carbocycles. The van der Waals surface area contributed by atoms with Crippen LogP contribution in [0.2, 0.25) is 0 Å². The van der Waals surface area contributed by atoms with Gasteiger partial charge in [-0.05, 0) is 17.7 Å². The smallest absolute Gasteiger partial charge is 0.249 e. The van der Waals surface area contributed by atoms with E-state index in [2.05, 4.69) is 4.98 Å². The number of hydrogen-bond donors (Lipinski definition) is 0. The van der Waals surface area contributed by atoms with Crippen LogP contribution < -0.4 is 9.64 Å². The Bertz CT molecular complexity index is 1060. The number of carbonyl (C=O) groups is 3. The molecule has 1 aromatic heterocycles. The SMILES string of the molecule is COc1ccc2sc(N(Cc3ccccc3)C(=O)CN3C(=O)CCC3=O)nc2c1. The number of amides is 3. The second kappa shape index (κ2) is 8.00. The van der Waals surface area contributed by atoms with E-state index < -0.39 is 0 Å². The topological polar surface area (TPSA) is 79.8 Å². The zero-order valence-electron chi connectivity index (χ0n) is 15.8. The third-order valence-corrected chi connectivity index (χ3v) is 5.81. The molecular formula is C21H19N3O4S. The van der Waals surface area contributed by atoms with Crippen molar-refractivity contribution in [3.05, 3.63) is 54.1 Å². The van der Waals surface area contributed by atoms with Crippen LogP contribution in [0.5, 0.6) is 5.75 Å². The number of benzene rings is 2. The van der Waals surface area contributed by atoms with Crippen molar-refractivity contribution in [1.82, 2.24) is 9.88 Å². The van der Waals surface area contributed by atoms with Crippen LogP contribution >= 0.6 is 11.3 Å². The lowest BCUT2D eigenvalue weighted by molar-refractivity contribution is -0.141. The molecule has 0 atom stereocenters. The summed E-state index contributed by atoms with van der Waals surface area (Å²) in [4.78, 5) is 44.2. The molecule has 3 aromatic rings. The molecule has 1 aliphatic rings. The Kier molecular flexibility index (Phi) is 5.26. The number of methoxy groups -OCH3 is 1. The van der Waals surface area contributed by atoms with E-state index in [-0.39, 0.29) is 37.1 Å². The first-order valence-electron chi connectivity index (χ1n) is 9.17. The van der Waals surface area contributed by atoms with Crippen LogP contribution in [0.15, 0.2) is 48.5 Å². The molecule has 0 unspecified atom stereocenters. The number of nitrogens with zero attached hydrogens (tertiary/aromatic N) is 3. The lowest BCUT2D eigenvalue weighted by atomic mass is 10.2. The van der Waals surface area contributed by atoms with Gasteiger partial charge in [-0.15, -0.1) is 0 Å². The van der Waals surface area contributed by atoms with Crippen LogP contribution in [0.25, 0.3) is 10.2 Å². The molecule has 29 heavy (non-hydrogen) atoms. The summed E-state index contributed by atoms with van der Waals surface area (Å²) in [6.45, 7) is 0.0244. The Hall–Kier alpha value is -3.26. The van der Waals surface area contributed by atoms with Crippen LogP contribution in [-0.4, -0.2) is 41.3 Å². The number of likely N-dealkylation sites (tertiary alicyclic amines) is 1. The average Bonchev–Trinajstić information content (AvgIpc) is 3.30. The molecule has 1 aliphatic heterocycles. The van der Waals surface area contributed by atoms with Crippen molar-refractivity contribution in [2.75, 3.05) is 18.6 Å². The largest absolute Gasteiger partial charge is 0.497 e. The van der Waals surface area contributed by atoms with E-state index >= 15 is 0 Å². The number of hydrogen-bond acceptors (Lipinski definition) is 6. The van der Waals surface area contributed by atoms with Crippen molar-refractivity contribution in [3.63, 3.8) is 0 Å². The van der Waals surface area contributed by atoms with Gasteiger partial charge in [-0.2, -0.15) is 0 Å². The van der Waals surface area contributed by atoms with Gasteiger partial charge in [0.05, 0.1) is 23.9 Å². The number of fused-ring (bicyclic) bond motifs is 1. The molecule has 0 N–H and O–H groups in total. The molecule has 2 heterocycles. The zero-order valence-corrected chi connectivity index (χ0v) is 16.6. The standard InChI is InChI=1S/C21H19N3O4S/c1-28-15-7-8-17-16(11-15)22-21(29-17)24(12-14-5-3-2-4-6-14)20(27)13-23-18(25)9-10-19(23)26/h2-8,11H,9-10,12-13H2,1H3. The van der Waals surface area contributed by atoms with Crippen LogP contribution in [-0.2, 0) is 20.9 Å². The molecule has 3 amide bonds. The van der Waals surface area contributed by atoms with Gasteiger partial charge >= 0.3 is 0 Å². The molecule has 1 fully saturated rings. The fourth-order valence-corrected chi connectivity index (χ4v) is 4.15. The number of anilines is 1. The van der Waals surface area contributed by atoms with Crippen LogP contribution in [0.4, 0.5) is 5.13 Å². The quantitative estimate of drug-likeness (QED) is 0.585. The van der Waals surface area contributed by atoms with Gasteiger partial charge in [0.1, 0.15) is 12.3 Å². The summed E-state index contributed by atoms with van der Waals surface area (Å²) in [5.41, 5.74) is 1.65. The van der Waals surface area contributed by atoms with Crippen LogP contribution in [0.1, 0.15) is 18.4 Å². The minimum atomic E-state index is -0.344. The lowest BCUT2D eigenvalue weighted by Crippen LogP contribution is -2.42. The summed E-state index contributed by atoms with van der Waals surface area (Å²) in [6, 6.07) is 15.1. The number of thiazole rings is 1. The molecule has 4 rings (SSSR count). The van der Waals surface area contributed by atoms with Crippen LogP contribution in [0.3, 0.4) is 0 Å². The van der Waals surface area contributed by atoms with Crippen molar-refractivity contribution >= 4 is 44.4 Å². The second-order valence-electron chi connectivity index (χ2n) is 6.67. The fraction of sp³-hybridized carbons (Fsp3) is 0.238. The Morgan fingerprint density at radius 1 is 1.14 bits per heavy atom. The molecule has 0 bridgehead atoms. The number of ether oxygens (including phenoxy) is 1. The van der Waals surface area contributed by atoms with Gasteiger partial charge in [0.25, 0.3) is 0 Å². The maximum absolute atomic E-state index is 13.1. The maximum Gasteiger partial charge on any atom is 0.249 e. The Balaban J connectivity index is 1.67. The molecule has 0 spiro atoms. The van der Waals surface area contributed by atoms with Gasteiger partial charge in [0, 0.05) is 18.9 Å². The number of imide groups is 1. The maximum atomic E-state index is 13.1. The van der Waals surface area contributed by atoms with Crippen LogP contribution in [0, 0.1) is 0 Å². The summed E-state index contributed by atoms with van der Waals surface area (Å²) >= 11 is 1.38. The van der Waals surface area contributed by atoms with Gasteiger partial charge in [-0.3, -0.25) is 24.2 Å². The second-order valence-corrected chi connectivity index (χ2v) is 7.68. The Labute approximate surface area is 171 Å². The van der Waals surface area contributed by atoms with E-state index in [9.17, 15) is 14.4 Å². The summed E-state index contributed by atoms with van der Waals surface area (Å²) in [6.07, 6.45) is 0.317. The van der Waals surface area contributed by atoms with Crippen molar-refractivity contribution in [2.45, 2.75) is 19.4 Å². The number of aromatic nitrogens is 1. The number of rotatable bonds is 6. The first-order chi connectivity index (χ1) is 14.0. The first-order valence-corrected chi connectivity index (χ1v) is 9.99. The van der Waals surface area contributed by atoms with Gasteiger partial charge in [-0.25, -0.2) is 4.98 Å². The van der Waals surface area contributed by atoms with E-state index in [1.165, 1.54) is 16.2 Å². The average molecular weight is 409 g/mol. The van der Waals surface area contributed by atoms with E-state index in [1.54, 1.807) is 7.11 Å². The van der Waals surface area contributed by atoms with Crippen molar-refractivity contribution in [2.24, 2.45) is 0 Å². The summed E-state index contributed by atoms with van der Waals surface area (Å²) in [5, 5.41) is 0.515. The van der Waals surface area contributed by atoms with Crippen molar-refractivity contribution < 1.29 is 19.1 Å². The van der Waals surface area contributed by atoms with Gasteiger partial charge in [-0.1, -0.05) is 41.7 Å².